The van der Waals surface area contributed by atoms with Crippen molar-refractivity contribution in [2.24, 2.45) is 0 Å². The predicted octanol–water partition coefficient (Wildman–Crippen LogP) is 4.32. The van der Waals surface area contributed by atoms with Gasteiger partial charge in [0.2, 0.25) is 0 Å². The largest absolute Gasteiger partial charge is 0.497 e. The van der Waals surface area contributed by atoms with Gasteiger partial charge >= 0.3 is 5.97 Å². The van der Waals surface area contributed by atoms with Crippen molar-refractivity contribution in [2.75, 3.05) is 19.0 Å². The summed E-state index contributed by atoms with van der Waals surface area (Å²) in [6.45, 7) is 1.53. The van der Waals surface area contributed by atoms with Crippen molar-refractivity contribution in [3.8, 4) is 17.0 Å². The van der Waals surface area contributed by atoms with E-state index >= 15 is 0 Å². The van der Waals surface area contributed by atoms with Gasteiger partial charge in [0, 0.05) is 17.0 Å². The molecule has 0 aliphatic carbocycles. The predicted molar refractivity (Wildman–Crippen MR) is 109 cm³/mol. The van der Waals surface area contributed by atoms with Crippen molar-refractivity contribution < 1.29 is 23.5 Å². The highest BCUT2D eigenvalue weighted by Gasteiger charge is 2.16. The van der Waals surface area contributed by atoms with Gasteiger partial charge in [-0.2, -0.15) is 0 Å². The number of rotatable bonds is 7. The molecule has 3 aromatic rings. The molecule has 29 heavy (non-hydrogen) atoms. The first-order chi connectivity index (χ1) is 14.0. The van der Waals surface area contributed by atoms with E-state index < -0.39 is 24.3 Å². The highest BCUT2D eigenvalue weighted by atomic mass is 32.1. The van der Waals surface area contributed by atoms with Crippen LogP contribution in [-0.4, -0.2) is 30.6 Å². The maximum atomic E-state index is 13.9. The van der Waals surface area contributed by atoms with Crippen molar-refractivity contribution in [1.29, 1.82) is 0 Å². The van der Waals surface area contributed by atoms with Gasteiger partial charge < -0.3 is 9.47 Å². The Morgan fingerprint density at radius 3 is 2.59 bits per heavy atom. The van der Waals surface area contributed by atoms with Crippen molar-refractivity contribution in [3.05, 3.63) is 64.8 Å². The second kappa shape index (κ2) is 9.29. The van der Waals surface area contributed by atoms with Gasteiger partial charge in [0.1, 0.15) is 11.6 Å². The van der Waals surface area contributed by atoms with Gasteiger partial charge in [-0.1, -0.05) is 31.2 Å². The summed E-state index contributed by atoms with van der Waals surface area (Å²) < 4.78 is 23.6. The zero-order valence-electron chi connectivity index (χ0n) is 15.9. The van der Waals surface area contributed by atoms with Gasteiger partial charge in [-0.05, 0) is 24.1 Å². The number of esters is 1. The molecule has 0 bridgehead atoms. The second-order valence-electron chi connectivity index (χ2n) is 6.06. The third-order valence-electron chi connectivity index (χ3n) is 4.14. The molecule has 0 saturated carbocycles. The first kappa shape index (κ1) is 20.5. The van der Waals surface area contributed by atoms with Crippen molar-refractivity contribution in [2.45, 2.75) is 13.3 Å². The molecule has 150 valence electrons. The number of benzene rings is 2. The molecule has 1 N–H and O–H groups in total. The smallest absolute Gasteiger partial charge is 0.341 e. The van der Waals surface area contributed by atoms with Crippen LogP contribution in [0.1, 0.15) is 22.8 Å². The molecule has 2 aromatic carbocycles. The molecule has 0 radical (unpaired) electrons. The summed E-state index contributed by atoms with van der Waals surface area (Å²) in [6, 6.07) is 11.8. The van der Waals surface area contributed by atoms with Crippen molar-refractivity contribution >= 4 is 28.3 Å². The fourth-order valence-corrected chi connectivity index (χ4v) is 3.26. The van der Waals surface area contributed by atoms with Crippen LogP contribution >= 0.6 is 11.3 Å². The number of nitrogens with one attached hydrogen (secondary N) is 1. The minimum Gasteiger partial charge on any atom is -0.497 e. The Labute approximate surface area is 171 Å². The van der Waals surface area contributed by atoms with Crippen molar-refractivity contribution in [3.63, 3.8) is 0 Å². The molecule has 0 aliphatic heterocycles. The topological polar surface area (TPSA) is 77.5 Å². The lowest BCUT2D eigenvalue weighted by atomic mass is 10.1. The molecule has 6 nitrogen and oxygen atoms in total. The van der Waals surface area contributed by atoms with Crippen LogP contribution < -0.4 is 10.1 Å². The Morgan fingerprint density at radius 1 is 1.17 bits per heavy atom. The molecule has 0 atom stereocenters. The minimum atomic E-state index is -0.934. The normalized spacial score (nSPS) is 10.4. The summed E-state index contributed by atoms with van der Waals surface area (Å²) >= 11 is 1.26. The van der Waals surface area contributed by atoms with E-state index in [0.29, 0.717) is 5.13 Å². The van der Waals surface area contributed by atoms with Crippen LogP contribution in [0.2, 0.25) is 0 Å². The Bertz CT molecular complexity index is 1020. The summed E-state index contributed by atoms with van der Waals surface area (Å²) in [5, 5.41) is 4.79. The third kappa shape index (κ3) is 5.17. The maximum Gasteiger partial charge on any atom is 0.341 e. The van der Waals surface area contributed by atoms with E-state index in [2.05, 4.69) is 17.2 Å². The van der Waals surface area contributed by atoms with E-state index in [1.54, 1.807) is 0 Å². The lowest BCUT2D eigenvalue weighted by Crippen LogP contribution is -2.21. The summed E-state index contributed by atoms with van der Waals surface area (Å²) in [5.41, 5.74) is 2.64. The summed E-state index contributed by atoms with van der Waals surface area (Å²) in [6.07, 6.45) is 0.956. The summed E-state index contributed by atoms with van der Waals surface area (Å²) in [7, 11) is 1.39. The minimum absolute atomic E-state index is 0.273. The average Bonchev–Trinajstić information content (AvgIpc) is 3.20. The number of nitrogens with zero attached hydrogens (tertiary/aromatic N) is 1. The Hall–Kier alpha value is -3.26. The number of halogens is 1. The van der Waals surface area contributed by atoms with Gasteiger partial charge in [0.25, 0.3) is 5.91 Å². The molecule has 1 heterocycles. The molecule has 3 rings (SSSR count). The van der Waals surface area contributed by atoms with E-state index in [1.807, 2.05) is 29.6 Å². The summed E-state index contributed by atoms with van der Waals surface area (Å²) in [5.74, 6) is -2.00. The van der Waals surface area contributed by atoms with Gasteiger partial charge in [-0.25, -0.2) is 14.2 Å². The molecule has 1 aromatic heterocycles. The van der Waals surface area contributed by atoms with Crippen molar-refractivity contribution in [1.82, 2.24) is 4.98 Å². The van der Waals surface area contributed by atoms with Gasteiger partial charge in [0.05, 0.1) is 18.4 Å². The van der Waals surface area contributed by atoms with E-state index in [1.165, 1.54) is 36.1 Å². The van der Waals surface area contributed by atoms with E-state index in [9.17, 15) is 14.0 Å². The number of aromatic nitrogens is 1. The van der Waals surface area contributed by atoms with Crippen LogP contribution in [0.5, 0.6) is 5.75 Å². The molecule has 0 aliphatic rings. The highest BCUT2D eigenvalue weighted by molar-refractivity contribution is 7.14. The second-order valence-corrected chi connectivity index (χ2v) is 6.92. The number of hydrogen-bond donors (Lipinski definition) is 1. The molecule has 0 fully saturated rings. The fraction of sp³-hybridized carbons (Fsp3) is 0.190. The summed E-state index contributed by atoms with van der Waals surface area (Å²) in [4.78, 5) is 28.4. The molecular weight excluding hydrogens is 395 g/mol. The van der Waals surface area contributed by atoms with Crippen LogP contribution in [0.25, 0.3) is 11.3 Å². The lowest BCUT2D eigenvalue weighted by Gasteiger charge is -2.06. The number of hydrogen-bond acceptors (Lipinski definition) is 6. The monoisotopic (exact) mass is 414 g/mol. The van der Waals surface area contributed by atoms with Crippen LogP contribution in [0.4, 0.5) is 9.52 Å². The number of carbonyl (C=O) groups is 2. The maximum absolute atomic E-state index is 13.9. The van der Waals surface area contributed by atoms with Crippen LogP contribution in [0, 0.1) is 5.82 Å². The van der Waals surface area contributed by atoms with Crippen LogP contribution in [0.3, 0.4) is 0 Å². The van der Waals surface area contributed by atoms with Gasteiger partial charge in [-0.3, -0.25) is 10.1 Å². The first-order valence-electron chi connectivity index (χ1n) is 8.85. The van der Waals surface area contributed by atoms with E-state index in [4.69, 9.17) is 9.47 Å². The quantitative estimate of drug-likeness (QED) is 0.583. The molecule has 0 saturated heterocycles. The average molecular weight is 414 g/mol. The molecular formula is C21H19FN2O4S. The number of amides is 1. The third-order valence-corrected chi connectivity index (χ3v) is 4.90. The SMILES string of the molecule is CCc1ccc(-c2csc(NC(=O)COC(=O)c3ccc(OC)cc3F)n2)cc1. The number of aryl methyl sites for hydroxylation is 1. The number of anilines is 1. The zero-order chi connectivity index (χ0) is 20.8. The van der Waals surface area contributed by atoms with E-state index in [0.717, 1.165) is 23.7 Å². The number of ether oxygens (including phenoxy) is 2. The van der Waals surface area contributed by atoms with Crippen LogP contribution in [-0.2, 0) is 16.0 Å². The Kier molecular flexibility index (Phi) is 6.56. The lowest BCUT2D eigenvalue weighted by molar-refractivity contribution is -0.119. The number of carbonyl (C=O) groups excluding carboxylic acids is 2. The number of thiazole rings is 1. The Balaban J connectivity index is 1.55. The molecule has 8 heteroatoms. The van der Waals surface area contributed by atoms with Crippen LogP contribution in [0.15, 0.2) is 47.8 Å². The standard InChI is InChI=1S/C21H19FN2O4S/c1-3-13-4-6-14(7-5-13)18-12-29-21(23-18)24-19(25)11-28-20(26)16-9-8-15(27-2)10-17(16)22/h4-10,12H,3,11H2,1-2H3,(H,23,24,25). The zero-order valence-corrected chi connectivity index (χ0v) is 16.7. The highest BCUT2D eigenvalue weighted by Crippen LogP contribution is 2.25. The molecule has 0 unspecified atom stereocenters. The fourth-order valence-electron chi connectivity index (χ4n) is 2.53. The number of methoxy groups -OCH3 is 1. The Morgan fingerprint density at radius 2 is 1.93 bits per heavy atom. The van der Waals surface area contributed by atoms with Gasteiger partial charge in [0.15, 0.2) is 11.7 Å². The molecule has 1 amide bonds. The van der Waals surface area contributed by atoms with E-state index in [-0.39, 0.29) is 11.3 Å². The van der Waals surface area contributed by atoms with Gasteiger partial charge in [-0.15, -0.1) is 11.3 Å². The molecule has 0 spiro atoms. The first-order valence-corrected chi connectivity index (χ1v) is 9.73.